The fraction of sp³-hybridized carbons (Fsp3) is 0.125. The van der Waals surface area contributed by atoms with Gasteiger partial charge in [-0.15, -0.1) is 0 Å². The summed E-state index contributed by atoms with van der Waals surface area (Å²) >= 11 is 0. The van der Waals surface area contributed by atoms with E-state index in [0.29, 0.717) is 0 Å². The second-order valence-electron chi connectivity index (χ2n) is 4.85. The minimum absolute atomic E-state index is 0.631. The first-order valence-corrected chi connectivity index (χ1v) is 6.20. The third-order valence-corrected chi connectivity index (χ3v) is 3.30. The second-order valence-corrected chi connectivity index (χ2v) is 4.85. The molecule has 1 heterocycles. The number of alkyl halides is 3. The molecule has 0 spiro atoms. The number of H-pyrrole nitrogens is 1. The predicted molar refractivity (Wildman–Crippen MR) is 73.5 cm³/mol. The van der Waals surface area contributed by atoms with Crippen LogP contribution in [0.25, 0.3) is 22.2 Å². The van der Waals surface area contributed by atoms with Crippen molar-refractivity contribution in [3.63, 3.8) is 0 Å². The largest absolute Gasteiger partial charge is 0.416 e. The highest BCUT2D eigenvalue weighted by Gasteiger charge is 2.29. The quantitative estimate of drug-likeness (QED) is 0.631. The van der Waals surface area contributed by atoms with E-state index in [1.165, 1.54) is 12.1 Å². The molecule has 3 rings (SSSR count). The zero-order valence-corrected chi connectivity index (χ0v) is 10.8. The van der Waals surface area contributed by atoms with Crippen molar-refractivity contribution in [1.82, 2.24) is 4.98 Å². The maximum absolute atomic E-state index is 12.5. The molecule has 1 nitrogen and oxygen atoms in total. The molecule has 3 aromatic rings. The molecule has 0 unspecified atom stereocenters. The Bertz CT molecular complexity index is 751. The molecular formula is C16H12F3N. The molecule has 0 radical (unpaired) electrons. The molecule has 4 heteroatoms. The van der Waals surface area contributed by atoms with Crippen molar-refractivity contribution in [3.8, 4) is 11.3 Å². The van der Waals surface area contributed by atoms with Gasteiger partial charge in [0, 0.05) is 16.6 Å². The Morgan fingerprint density at radius 3 is 2.25 bits per heavy atom. The fourth-order valence-corrected chi connectivity index (χ4v) is 2.25. The monoisotopic (exact) mass is 275 g/mol. The summed E-state index contributed by atoms with van der Waals surface area (Å²) in [5, 5.41) is 1.06. The van der Waals surface area contributed by atoms with E-state index in [0.717, 1.165) is 39.9 Å². The first kappa shape index (κ1) is 12.8. The molecular weight excluding hydrogens is 263 g/mol. The van der Waals surface area contributed by atoms with Gasteiger partial charge in [0.25, 0.3) is 0 Å². The van der Waals surface area contributed by atoms with Gasteiger partial charge in [-0.05, 0) is 42.8 Å². The lowest BCUT2D eigenvalue weighted by molar-refractivity contribution is -0.137. The van der Waals surface area contributed by atoms with Crippen LogP contribution in [-0.2, 0) is 6.18 Å². The number of rotatable bonds is 1. The summed E-state index contributed by atoms with van der Waals surface area (Å²) in [6, 6.07) is 13.1. The summed E-state index contributed by atoms with van der Waals surface area (Å²) in [6.07, 6.45) is -4.30. The summed E-state index contributed by atoms with van der Waals surface area (Å²) in [5.74, 6) is 0. The Morgan fingerprint density at radius 2 is 1.60 bits per heavy atom. The SMILES string of the molecule is Cc1ccc2[nH]c(-c3ccc(C(F)(F)F)cc3)cc2c1. The molecule has 0 bridgehead atoms. The molecule has 1 N–H and O–H groups in total. The maximum Gasteiger partial charge on any atom is 0.416 e. The number of nitrogens with one attached hydrogen (secondary N) is 1. The first-order chi connectivity index (χ1) is 9.43. The van der Waals surface area contributed by atoms with Gasteiger partial charge in [-0.3, -0.25) is 0 Å². The van der Waals surface area contributed by atoms with Gasteiger partial charge in [0.05, 0.1) is 5.56 Å². The summed E-state index contributed by atoms with van der Waals surface area (Å²) in [5.41, 5.74) is 3.06. The summed E-state index contributed by atoms with van der Waals surface area (Å²) in [4.78, 5) is 3.22. The summed E-state index contributed by atoms with van der Waals surface area (Å²) < 4.78 is 37.6. The van der Waals surface area contributed by atoms with Gasteiger partial charge in [0.15, 0.2) is 0 Å². The van der Waals surface area contributed by atoms with E-state index in [2.05, 4.69) is 4.98 Å². The molecule has 0 saturated heterocycles. The van der Waals surface area contributed by atoms with Gasteiger partial charge in [-0.25, -0.2) is 0 Å². The van der Waals surface area contributed by atoms with E-state index < -0.39 is 11.7 Å². The molecule has 0 fully saturated rings. The highest BCUT2D eigenvalue weighted by Crippen LogP contribution is 2.31. The normalized spacial score (nSPS) is 12.0. The van der Waals surface area contributed by atoms with Crippen molar-refractivity contribution in [2.24, 2.45) is 0 Å². The van der Waals surface area contributed by atoms with E-state index in [1.807, 2.05) is 31.2 Å². The molecule has 0 aliphatic rings. The van der Waals surface area contributed by atoms with E-state index in [-0.39, 0.29) is 0 Å². The average molecular weight is 275 g/mol. The summed E-state index contributed by atoms with van der Waals surface area (Å²) in [7, 11) is 0. The number of fused-ring (bicyclic) bond motifs is 1. The van der Waals surface area contributed by atoms with Gasteiger partial charge >= 0.3 is 6.18 Å². The second kappa shape index (κ2) is 4.40. The van der Waals surface area contributed by atoms with Crippen LogP contribution in [-0.4, -0.2) is 4.98 Å². The van der Waals surface area contributed by atoms with Gasteiger partial charge < -0.3 is 4.98 Å². The summed E-state index contributed by atoms with van der Waals surface area (Å²) in [6.45, 7) is 2.00. The molecule has 0 aliphatic carbocycles. The van der Waals surface area contributed by atoms with Crippen LogP contribution in [0, 0.1) is 6.92 Å². The maximum atomic E-state index is 12.5. The van der Waals surface area contributed by atoms with Gasteiger partial charge in [0.1, 0.15) is 0 Å². The molecule has 0 saturated carbocycles. The van der Waals surface area contributed by atoms with E-state index in [9.17, 15) is 13.2 Å². The van der Waals surface area contributed by atoms with Crippen LogP contribution in [0.4, 0.5) is 13.2 Å². The molecule has 1 aromatic heterocycles. The van der Waals surface area contributed by atoms with Crippen LogP contribution in [0.3, 0.4) is 0 Å². The number of aryl methyl sites for hydroxylation is 1. The van der Waals surface area contributed by atoms with Crippen molar-refractivity contribution < 1.29 is 13.2 Å². The zero-order chi connectivity index (χ0) is 14.3. The van der Waals surface area contributed by atoms with E-state index >= 15 is 0 Å². The third kappa shape index (κ3) is 2.29. The highest BCUT2D eigenvalue weighted by molar-refractivity contribution is 5.86. The van der Waals surface area contributed by atoms with Crippen molar-refractivity contribution in [3.05, 3.63) is 59.7 Å². The Balaban J connectivity index is 2.02. The lowest BCUT2D eigenvalue weighted by atomic mass is 10.1. The highest BCUT2D eigenvalue weighted by atomic mass is 19.4. The van der Waals surface area contributed by atoms with Gasteiger partial charge in [0.2, 0.25) is 0 Å². The number of aromatic nitrogens is 1. The van der Waals surface area contributed by atoms with Crippen LogP contribution in [0.1, 0.15) is 11.1 Å². The Kier molecular flexibility index (Phi) is 2.82. The molecule has 102 valence electrons. The minimum Gasteiger partial charge on any atom is -0.355 e. The predicted octanol–water partition coefficient (Wildman–Crippen LogP) is 5.16. The van der Waals surface area contributed by atoms with Crippen LogP contribution >= 0.6 is 0 Å². The van der Waals surface area contributed by atoms with Gasteiger partial charge in [-0.2, -0.15) is 13.2 Å². The fourth-order valence-electron chi connectivity index (χ4n) is 2.25. The smallest absolute Gasteiger partial charge is 0.355 e. The molecule has 20 heavy (non-hydrogen) atoms. The van der Waals surface area contributed by atoms with E-state index in [1.54, 1.807) is 0 Å². The number of hydrogen-bond acceptors (Lipinski definition) is 0. The third-order valence-electron chi connectivity index (χ3n) is 3.30. The Labute approximate surface area is 114 Å². The lowest BCUT2D eigenvalue weighted by Gasteiger charge is -2.06. The van der Waals surface area contributed by atoms with Crippen LogP contribution < -0.4 is 0 Å². The van der Waals surface area contributed by atoms with Crippen molar-refractivity contribution in [2.45, 2.75) is 13.1 Å². The van der Waals surface area contributed by atoms with Gasteiger partial charge in [-0.1, -0.05) is 23.8 Å². The molecule has 0 atom stereocenters. The average Bonchev–Trinajstić information content (AvgIpc) is 2.80. The van der Waals surface area contributed by atoms with Crippen molar-refractivity contribution in [2.75, 3.05) is 0 Å². The lowest BCUT2D eigenvalue weighted by Crippen LogP contribution is -2.03. The number of aromatic amines is 1. The number of hydrogen-bond donors (Lipinski definition) is 1. The zero-order valence-electron chi connectivity index (χ0n) is 10.8. The number of benzene rings is 2. The topological polar surface area (TPSA) is 15.8 Å². The Morgan fingerprint density at radius 1 is 0.900 bits per heavy atom. The van der Waals surface area contributed by atoms with Crippen LogP contribution in [0.2, 0.25) is 0 Å². The van der Waals surface area contributed by atoms with Crippen molar-refractivity contribution in [1.29, 1.82) is 0 Å². The van der Waals surface area contributed by atoms with Crippen molar-refractivity contribution >= 4 is 10.9 Å². The standard InChI is InChI=1S/C16H12F3N/c1-10-2-7-14-12(8-10)9-15(20-14)11-3-5-13(6-4-11)16(17,18)19/h2-9,20H,1H3. The molecule has 0 aliphatic heterocycles. The molecule has 2 aromatic carbocycles. The van der Waals surface area contributed by atoms with Crippen LogP contribution in [0.5, 0.6) is 0 Å². The first-order valence-electron chi connectivity index (χ1n) is 6.20. The molecule has 0 amide bonds. The van der Waals surface area contributed by atoms with E-state index in [4.69, 9.17) is 0 Å². The minimum atomic E-state index is -4.30. The Hall–Kier alpha value is -2.23. The number of halogens is 3. The van der Waals surface area contributed by atoms with Crippen LogP contribution in [0.15, 0.2) is 48.5 Å².